The highest BCUT2D eigenvalue weighted by molar-refractivity contribution is 5.71. The Morgan fingerprint density at radius 3 is 0.884 bits per heavy atom. The van der Waals surface area contributed by atoms with Crippen LogP contribution in [0.4, 0.5) is 0 Å². The van der Waals surface area contributed by atoms with Crippen molar-refractivity contribution in [3.63, 3.8) is 0 Å². The summed E-state index contributed by atoms with van der Waals surface area (Å²) in [6, 6.07) is 0. The molecule has 0 aliphatic rings. The molecule has 0 radical (unpaired) electrons. The van der Waals surface area contributed by atoms with E-state index in [0.29, 0.717) is 19.3 Å². The van der Waals surface area contributed by atoms with E-state index in [9.17, 15) is 14.4 Å². The molecule has 0 N–H and O–H groups in total. The topological polar surface area (TPSA) is 78.9 Å². The van der Waals surface area contributed by atoms with Crippen molar-refractivity contribution in [2.45, 2.75) is 297 Å². The van der Waals surface area contributed by atoms with Gasteiger partial charge < -0.3 is 14.2 Å². The first kappa shape index (κ1) is 65.8. The molecule has 1 unspecified atom stereocenters. The van der Waals surface area contributed by atoms with Crippen LogP contribution in [-0.2, 0) is 28.6 Å². The van der Waals surface area contributed by atoms with Crippen LogP contribution < -0.4 is 0 Å². The summed E-state index contributed by atoms with van der Waals surface area (Å²) in [4.78, 5) is 38.0. The number of hydrogen-bond acceptors (Lipinski definition) is 6. The molecule has 0 saturated heterocycles. The molecule has 6 heteroatoms. The minimum Gasteiger partial charge on any atom is -0.462 e. The molecule has 1 atom stereocenters. The van der Waals surface area contributed by atoms with Crippen LogP contribution in [0.5, 0.6) is 0 Å². The first-order chi connectivity index (χ1) is 34.0. The Balaban J connectivity index is 4.27. The number of esters is 3. The Bertz CT molecular complexity index is 1290. The highest BCUT2D eigenvalue weighted by Gasteiger charge is 2.19. The van der Waals surface area contributed by atoms with Crippen molar-refractivity contribution in [3.8, 4) is 0 Å². The Morgan fingerprint density at radius 1 is 0.304 bits per heavy atom. The summed E-state index contributed by atoms with van der Waals surface area (Å²) in [7, 11) is 0. The fourth-order valence-corrected chi connectivity index (χ4v) is 8.33. The summed E-state index contributed by atoms with van der Waals surface area (Å²) in [5, 5.41) is 0. The smallest absolute Gasteiger partial charge is 0.306 e. The van der Waals surface area contributed by atoms with Gasteiger partial charge in [-0.25, -0.2) is 0 Å². The maximum atomic E-state index is 12.8. The molecule has 0 aromatic rings. The molecule has 0 fully saturated rings. The van der Waals surface area contributed by atoms with Gasteiger partial charge in [-0.2, -0.15) is 0 Å². The van der Waals surface area contributed by atoms with Crippen LogP contribution in [-0.4, -0.2) is 37.2 Å². The Labute approximate surface area is 427 Å². The van der Waals surface area contributed by atoms with Crippen LogP contribution in [0.15, 0.2) is 72.9 Å². The monoisotopic (exact) mass is 963 g/mol. The zero-order valence-electron chi connectivity index (χ0n) is 45.6. The van der Waals surface area contributed by atoms with Gasteiger partial charge in [0, 0.05) is 19.3 Å². The van der Waals surface area contributed by atoms with Crippen molar-refractivity contribution in [3.05, 3.63) is 72.9 Å². The molecule has 0 aromatic carbocycles. The molecule has 6 nitrogen and oxygen atoms in total. The van der Waals surface area contributed by atoms with Crippen LogP contribution in [0.1, 0.15) is 290 Å². The minimum absolute atomic E-state index is 0.0806. The molecule has 0 amide bonds. The second-order valence-corrected chi connectivity index (χ2v) is 19.5. The fourth-order valence-electron chi connectivity index (χ4n) is 8.33. The van der Waals surface area contributed by atoms with Gasteiger partial charge in [0.1, 0.15) is 13.2 Å². The third-order valence-corrected chi connectivity index (χ3v) is 12.7. The van der Waals surface area contributed by atoms with Crippen molar-refractivity contribution >= 4 is 17.9 Å². The molecule has 0 spiro atoms. The maximum Gasteiger partial charge on any atom is 0.306 e. The number of carbonyl (C=O) groups is 3. The van der Waals surface area contributed by atoms with E-state index >= 15 is 0 Å². The summed E-state index contributed by atoms with van der Waals surface area (Å²) in [6.07, 6.45) is 73.4. The predicted molar refractivity (Wildman–Crippen MR) is 298 cm³/mol. The lowest BCUT2D eigenvalue weighted by Gasteiger charge is -2.18. The minimum atomic E-state index is -0.782. The van der Waals surface area contributed by atoms with Gasteiger partial charge in [-0.15, -0.1) is 0 Å². The largest absolute Gasteiger partial charge is 0.462 e. The van der Waals surface area contributed by atoms with Crippen molar-refractivity contribution in [2.24, 2.45) is 0 Å². The second-order valence-electron chi connectivity index (χ2n) is 19.5. The average Bonchev–Trinajstić information content (AvgIpc) is 3.35. The standard InChI is InChI=1S/C63H110O6/c1-4-7-10-13-16-19-21-23-25-27-29-31-32-33-35-36-38-40-42-44-47-50-53-56-62(65)68-59-60(58-67-61(64)55-52-49-46-18-15-12-9-6-3)69-63(66)57-54-51-48-45-43-41-39-37-34-30-28-26-24-22-20-17-14-11-8-5-2/h7,10,16,19,23,25,29,31,33,35,38,40,60H,4-6,8-9,11-15,17-18,20-22,24,26-28,30,32,34,36-37,39,41-59H2,1-3H3/b10-7-,19-16-,25-23-,31-29-,35-33-,40-38-. The third kappa shape index (κ3) is 55.6. The van der Waals surface area contributed by atoms with E-state index in [1.165, 1.54) is 141 Å². The van der Waals surface area contributed by atoms with E-state index in [-0.39, 0.29) is 31.1 Å². The SMILES string of the molecule is CC/C=C\C/C=C\C/C=C\C/C=C\C/C=C\C/C=C\CCCCCCC(=O)OCC(COC(=O)CCCCCCCCCC)OC(=O)CCCCCCCCCCCCCCCCCCCCCC. The Kier molecular flexibility index (Phi) is 54.8. The highest BCUT2D eigenvalue weighted by Crippen LogP contribution is 2.16. The van der Waals surface area contributed by atoms with Crippen molar-refractivity contribution < 1.29 is 28.6 Å². The maximum absolute atomic E-state index is 12.8. The zero-order valence-corrected chi connectivity index (χ0v) is 45.6. The highest BCUT2D eigenvalue weighted by atomic mass is 16.6. The molecular formula is C63H110O6. The molecule has 0 aromatic heterocycles. The summed E-state index contributed by atoms with van der Waals surface area (Å²) in [5.74, 6) is -0.900. The van der Waals surface area contributed by atoms with E-state index in [0.717, 1.165) is 109 Å². The van der Waals surface area contributed by atoms with Crippen LogP contribution >= 0.6 is 0 Å². The van der Waals surface area contributed by atoms with Gasteiger partial charge >= 0.3 is 17.9 Å². The van der Waals surface area contributed by atoms with Gasteiger partial charge in [-0.3, -0.25) is 14.4 Å². The lowest BCUT2D eigenvalue weighted by Crippen LogP contribution is -2.30. The molecule has 0 aliphatic heterocycles. The molecule has 0 bridgehead atoms. The van der Waals surface area contributed by atoms with Gasteiger partial charge in [0.05, 0.1) is 0 Å². The number of carbonyl (C=O) groups excluding carboxylic acids is 3. The third-order valence-electron chi connectivity index (χ3n) is 12.7. The van der Waals surface area contributed by atoms with E-state index in [1.54, 1.807) is 0 Å². The van der Waals surface area contributed by atoms with Crippen molar-refractivity contribution in [1.29, 1.82) is 0 Å². The quantitative estimate of drug-likeness (QED) is 0.0262. The summed E-state index contributed by atoms with van der Waals surface area (Å²) in [6.45, 7) is 6.50. The van der Waals surface area contributed by atoms with Crippen LogP contribution in [0.25, 0.3) is 0 Å². The van der Waals surface area contributed by atoms with E-state index in [2.05, 4.69) is 93.7 Å². The van der Waals surface area contributed by atoms with E-state index in [1.807, 2.05) is 0 Å². The zero-order chi connectivity index (χ0) is 50.0. The Hall–Kier alpha value is -3.15. The molecule has 0 heterocycles. The molecule has 0 rings (SSSR count). The van der Waals surface area contributed by atoms with Crippen LogP contribution in [0.2, 0.25) is 0 Å². The van der Waals surface area contributed by atoms with E-state index < -0.39 is 6.10 Å². The predicted octanol–water partition coefficient (Wildman–Crippen LogP) is 19.8. The molecule has 0 aliphatic carbocycles. The lowest BCUT2D eigenvalue weighted by atomic mass is 10.0. The lowest BCUT2D eigenvalue weighted by molar-refractivity contribution is -0.167. The van der Waals surface area contributed by atoms with Gasteiger partial charge in [-0.1, -0.05) is 273 Å². The number of rotatable bonds is 53. The molecule has 0 saturated carbocycles. The van der Waals surface area contributed by atoms with Gasteiger partial charge in [0.15, 0.2) is 6.10 Å². The second kappa shape index (κ2) is 57.4. The van der Waals surface area contributed by atoms with Crippen molar-refractivity contribution in [1.82, 2.24) is 0 Å². The first-order valence-corrected chi connectivity index (χ1v) is 29.4. The molecule has 398 valence electrons. The van der Waals surface area contributed by atoms with Crippen molar-refractivity contribution in [2.75, 3.05) is 13.2 Å². The number of allylic oxidation sites excluding steroid dienone is 12. The number of hydrogen-bond donors (Lipinski definition) is 0. The fraction of sp³-hybridized carbons (Fsp3) is 0.762. The van der Waals surface area contributed by atoms with Gasteiger partial charge in [0.2, 0.25) is 0 Å². The first-order valence-electron chi connectivity index (χ1n) is 29.4. The van der Waals surface area contributed by atoms with Crippen LogP contribution in [0.3, 0.4) is 0 Å². The molecule has 69 heavy (non-hydrogen) atoms. The Morgan fingerprint density at radius 2 is 0.565 bits per heavy atom. The van der Waals surface area contributed by atoms with E-state index in [4.69, 9.17) is 14.2 Å². The number of ether oxygens (including phenoxy) is 3. The normalized spacial score (nSPS) is 12.6. The summed E-state index contributed by atoms with van der Waals surface area (Å²) < 4.78 is 16.8. The summed E-state index contributed by atoms with van der Waals surface area (Å²) in [5.41, 5.74) is 0. The average molecular weight is 964 g/mol. The van der Waals surface area contributed by atoms with Gasteiger partial charge in [-0.05, 0) is 70.6 Å². The summed E-state index contributed by atoms with van der Waals surface area (Å²) >= 11 is 0. The van der Waals surface area contributed by atoms with Gasteiger partial charge in [0.25, 0.3) is 0 Å². The van der Waals surface area contributed by atoms with Crippen LogP contribution in [0, 0.1) is 0 Å². The molecular weight excluding hydrogens is 853 g/mol. The number of unbranched alkanes of at least 4 members (excludes halogenated alkanes) is 30.